The fourth-order valence-corrected chi connectivity index (χ4v) is 4.12. The van der Waals surface area contributed by atoms with Gasteiger partial charge in [0.25, 0.3) is 5.91 Å². The molecule has 1 aromatic carbocycles. The number of hydrogen-bond acceptors (Lipinski definition) is 4. The summed E-state index contributed by atoms with van der Waals surface area (Å²) in [6.07, 6.45) is 1.88. The summed E-state index contributed by atoms with van der Waals surface area (Å²) in [6.45, 7) is 4.45. The normalized spacial score (nSPS) is 24.0. The molecular formula is C19H25F2N3O3. The molecule has 2 atom stereocenters. The maximum atomic E-state index is 13.2. The molecule has 148 valence electrons. The van der Waals surface area contributed by atoms with Crippen molar-refractivity contribution in [2.24, 2.45) is 11.8 Å². The van der Waals surface area contributed by atoms with Gasteiger partial charge in [-0.15, -0.1) is 0 Å². The Labute approximate surface area is 157 Å². The summed E-state index contributed by atoms with van der Waals surface area (Å²) in [5.41, 5.74) is -0.0321. The Hall–Kier alpha value is -2.22. The van der Waals surface area contributed by atoms with Crippen LogP contribution in [0, 0.1) is 23.5 Å². The molecule has 0 radical (unpaired) electrons. The molecule has 1 aliphatic carbocycles. The van der Waals surface area contributed by atoms with Crippen LogP contribution in [-0.2, 0) is 4.74 Å². The zero-order chi connectivity index (χ0) is 19.4. The third-order valence-corrected chi connectivity index (χ3v) is 5.28. The van der Waals surface area contributed by atoms with Gasteiger partial charge in [0.05, 0.1) is 6.61 Å². The van der Waals surface area contributed by atoms with Crippen molar-refractivity contribution in [3.8, 4) is 0 Å². The second-order valence-corrected chi connectivity index (χ2v) is 7.10. The average molecular weight is 381 g/mol. The van der Waals surface area contributed by atoms with Crippen LogP contribution in [-0.4, -0.2) is 55.7 Å². The van der Waals surface area contributed by atoms with Crippen LogP contribution in [0.4, 0.5) is 13.6 Å². The number of likely N-dealkylation sites (tertiary alicyclic amines) is 1. The second kappa shape index (κ2) is 8.65. The zero-order valence-corrected chi connectivity index (χ0v) is 15.3. The Balaban J connectivity index is 1.43. The SMILES string of the molecule is CCOC(=O)N1C[C@@H]2CC[C@@H](C1)C2NCCNC(=O)c1cc(F)cc(F)c1. The van der Waals surface area contributed by atoms with E-state index in [-0.39, 0.29) is 11.7 Å². The first-order valence-electron chi connectivity index (χ1n) is 9.37. The number of nitrogens with zero attached hydrogens (tertiary/aromatic N) is 1. The topological polar surface area (TPSA) is 70.7 Å². The standard InChI is InChI=1S/C19H25F2N3O3/c1-2-27-19(26)24-10-12-3-4-13(11-24)17(12)22-5-6-23-18(25)14-7-15(20)9-16(21)8-14/h7-9,12-13,17,22H,2-6,10-11H2,1H3,(H,23,25)/t12-,13-/m0/s1. The lowest BCUT2D eigenvalue weighted by atomic mass is 9.92. The van der Waals surface area contributed by atoms with Crippen LogP contribution in [0.2, 0.25) is 0 Å². The molecule has 2 fully saturated rings. The number of hydrogen-bond donors (Lipinski definition) is 2. The molecule has 2 aliphatic rings. The lowest BCUT2D eigenvalue weighted by Crippen LogP contribution is -2.53. The van der Waals surface area contributed by atoms with Crippen LogP contribution in [0.5, 0.6) is 0 Å². The number of amides is 2. The fraction of sp³-hybridized carbons (Fsp3) is 0.579. The van der Waals surface area contributed by atoms with Crippen LogP contribution < -0.4 is 10.6 Å². The van der Waals surface area contributed by atoms with Gasteiger partial charge in [0.2, 0.25) is 0 Å². The quantitative estimate of drug-likeness (QED) is 0.741. The minimum absolute atomic E-state index is 0.0321. The van der Waals surface area contributed by atoms with E-state index in [0.717, 1.165) is 31.0 Å². The summed E-state index contributed by atoms with van der Waals surface area (Å²) in [4.78, 5) is 25.7. The minimum Gasteiger partial charge on any atom is -0.450 e. The Morgan fingerprint density at radius 3 is 2.33 bits per heavy atom. The van der Waals surface area contributed by atoms with Crippen LogP contribution in [0.15, 0.2) is 18.2 Å². The molecule has 2 bridgehead atoms. The van der Waals surface area contributed by atoms with Gasteiger partial charge in [0.15, 0.2) is 0 Å². The molecule has 1 heterocycles. The van der Waals surface area contributed by atoms with E-state index in [1.54, 1.807) is 11.8 Å². The molecule has 27 heavy (non-hydrogen) atoms. The molecule has 1 saturated heterocycles. The molecule has 2 N–H and O–H groups in total. The Morgan fingerprint density at radius 2 is 1.74 bits per heavy atom. The fourth-order valence-electron chi connectivity index (χ4n) is 4.12. The van der Waals surface area contributed by atoms with Gasteiger partial charge in [-0.2, -0.15) is 0 Å². The number of rotatable bonds is 6. The maximum absolute atomic E-state index is 13.2. The smallest absolute Gasteiger partial charge is 0.409 e. The van der Waals surface area contributed by atoms with Crippen molar-refractivity contribution in [1.29, 1.82) is 0 Å². The van der Waals surface area contributed by atoms with Gasteiger partial charge in [-0.3, -0.25) is 4.79 Å². The molecule has 1 aliphatic heterocycles. The third kappa shape index (κ3) is 4.74. The van der Waals surface area contributed by atoms with Gasteiger partial charge in [-0.25, -0.2) is 13.6 Å². The van der Waals surface area contributed by atoms with Gasteiger partial charge < -0.3 is 20.3 Å². The van der Waals surface area contributed by atoms with E-state index in [2.05, 4.69) is 10.6 Å². The highest BCUT2D eigenvalue weighted by molar-refractivity contribution is 5.94. The van der Waals surface area contributed by atoms with E-state index in [1.165, 1.54) is 0 Å². The summed E-state index contributed by atoms with van der Waals surface area (Å²) in [6, 6.07) is 3.06. The number of carbonyl (C=O) groups excluding carboxylic acids is 2. The number of halogens is 2. The number of piperidine rings is 1. The Morgan fingerprint density at radius 1 is 1.11 bits per heavy atom. The van der Waals surface area contributed by atoms with E-state index >= 15 is 0 Å². The highest BCUT2D eigenvalue weighted by Crippen LogP contribution is 2.37. The van der Waals surface area contributed by atoms with Crippen molar-refractivity contribution in [2.45, 2.75) is 25.8 Å². The lowest BCUT2D eigenvalue weighted by Gasteiger charge is -2.37. The zero-order valence-electron chi connectivity index (χ0n) is 15.3. The first-order valence-corrected chi connectivity index (χ1v) is 9.37. The van der Waals surface area contributed by atoms with E-state index in [9.17, 15) is 18.4 Å². The minimum atomic E-state index is -0.775. The van der Waals surface area contributed by atoms with E-state index < -0.39 is 17.5 Å². The molecule has 0 aromatic heterocycles. The number of benzene rings is 1. The van der Waals surface area contributed by atoms with E-state index in [0.29, 0.717) is 50.7 Å². The van der Waals surface area contributed by atoms with Crippen molar-refractivity contribution in [3.05, 3.63) is 35.4 Å². The monoisotopic (exact) mass is 381 g/mol. The Kier molecular flexibility index (Phi) is 6.26. The van der Waals surface area contributed by atoms with Crippen molar-refractivity contribution >= 4 is 12.0 Å². The second-order valence-electron chi connectivity index (χ2n) is 7.10. The largest absolute Gasteiger partial charge is 0.450 e. The van der Waals surface area contributed by atoms with Gasteiger partial charge in [0.1, 0.15) is 11.6 Å². The van der Waals surface area contributed by atoms with Gasteiger partial charge >= 0.3 is 6.09 Å². The maximum Gasteiger partial charge on any atom is 0.409 e. The van der Waals surface area contributed by atoms with Crippen molar-refractivity contribution in [1.82, 2.24) is 15.5 Å². The van der Waals surface area contributed by atoms with E-state index in [4.69, 9.17) is 4.74 Å². The summed E-state index contributed by atoms with van der Waals surface area (Å²) >= 11 is 0. The molecule has 1 aromatic rings. The van der Waals surface area contributed by atoms with Crippen LogP contribution >= 0.6 is 0 Å². The first-order chi connectivity index (χ1) is 13.0. The van der Waals surface area contributed by atoms with Gasteiger partial charge in [0, 0.05) is 43.9 Å². The highest BCUT2D eigenvalue weighted by Gasteiger charge is 2.43. The average Bonchev–Trinajstić information content (AvgIpc) is 2.85. The predicted molar refractivity (Wildman–Crippen MR) is 95.3 cm³/mol. The van der Waals surface area contributed by atoms with Crippen molar-refractivity contribution in [2.75, 3.05) is 32.8 Å². The summed E-state index contributed by atoms with van der Waals surface area (Å²) in [5, 5.41) is 6.13. The van der Waals surface area contributed by atoms with Crippen LogP contribution in [0.25, 0.3) is 0 Å². The number of ether oxygens (including phenoxy) is 1. The van der Waals surface area contributed by atoms with Gasteiger partial charge in [-0.05, 0) is 43.7 Å². The molecular weight excluding hydrogens is 356 g/mol. The molecule has 6 nitrogen and oxygen atoms in total. The van der Waals surface area contributed by atoms with Crippen LogP contribution in [0.3, 0.4) is 0 Å². The summed E-state index contributed by atoms with van der Waals surface area (Å²) in [5.74, 6) is -1.30. The van der Waals surface area contributed by atoms with Crippen molar-refractivity contribution in [3.63, 3.8) is 0 Å². The molecule has 3 rings (SSSR count). The Bertz CT molecular complexity index is 667. The molecule has 2 amide bonds. The van der Waals surface area contributed by atoms with E-state index in [1.807, 2.05) is 0 Å². The number of nitrogens with one attached hydrogen (secondary N) is 2. The highest BCUT2D eigenvalue weighted by atomic mass is 19.1. The van der Waals surface area contributed by atoms with Crippen LogP contribution in [0.1, 0.15) is 30.1 Å². The number of carbonyl (C=O) groups is 2. The first kappa shape index (κ1) is 19.5. The lowest BCUT2D eigenvalue weighted by molar-refractivity contribution is 0.0752. The van der Waals surface area contributed by atoms with Gasteiger partial charge in [-0.1, -0.05) is 0 Å². The summed E-state index contributed by atoms with van der Waals surface area (Å²) < 4.78 is 31.5. The molecule has 1 saturated carbocycles. The number of fused-ring (bicyclic) bond motifs is 2. The predicted octanol–water partition coefficient (Wildman–Crippen LogP) is 2.15. The third-order valence-electron chi connectivity index (χ3n) is 5.28. The van der Waals surface area contributed by atoms with Crippen molar-refractivity contribution < 1.29 is 23.1 Å². The molecule has 0 spiro atoms. The molecule has 0 unspecified atom stereocenters. The molecule has 8 heteroatoms. The summed E-state index contributed by atoms with van der Waals surface area (Å²) in [7, 11) is 0.